The van der Waals surface area contributed by atoms with Gasteiger partial charge in [0.2, 0.25) is 10.0 Å². The van der Waals surface area contributed by atoms with Crippen LogP contribution in [-0.2, 0) is 27.8 Å². The van der Waals surface area contributed by atoms with E-state index in [0.717, 1.165) is 49.8 Å². The third kappa shape index (κ3) is 4.62. The highest BCUT2D eigenvalue weighted by atomic mass is 32.2. The minimum absolute atomic E-state index is 0.270. The van der Waals surface area contributed by atoms with Gasteiger partial charge in [-0.15, -0.1) is 11.3 Å². The number of morpholine rings is 1. The van der Waals surface area contributed by atoms with Crippen LogP contribution in [0.4, 0.5) is 0 Å². The van der Waals surface area contributed by atoms with Crippen molar-refractivity contribution in [3.63, 3.8) is 0 Å². The molecular weight excluding hydrogens is 274 g/mol. The Morgan fingerprint density at radius 3 is 2.89 bits per heavy atom. The lowest BCUT2D eigenvalue weighted by molar-refractivity contribution is 0.0337. The second-order valence-electron chi connectivity index (χ2n) is 4.21. The van der Waals surface area contributed by atoms with E-state index in [0.29, 0.717) is 0 Å². The Labute approximate surface area is 111 Å². The Balaban J connectivity index is 1.85. The molecule has 0 aromatic carbocycles. The molecule has 1 saturated heterocycles. The molecule has 0 aliphatic carbocycles. The number of rotatable bonds is 5. The van der Waals surface area contributed by atoms with E-state index in [1.165, 1.54) is 11.3 Å². The second-order valence-corrected chi connectivity index (χ2v) is 6.99. The van der Waals surface area contributed by atoms with Crippen molar-refractivity contribution in [2.75, 3.05) is 32.6 Å². The van der Waals surface area contributed by atoms with Gasteiger partial charge in [-0.3, -0.25) is 4.90 Å². The van der Waals surface area contributed by atoms with Gasteiger partial charge in [0, 0.05) is 25.0 Å². The number of aromatic nitrogens is 1. The van der Waals surface area contributed by atoms with E-state index in [1.807, 2.05) is 5.38 Å². The average molecular weight is 291 g/mol. The number of nitrogens with one attached hydrogen (secondary N) is 1. The van der Waals surface area contributed by atoms with Crippen LogP contribution in [0.3, 0.4) is 0 Å². The quantitative estimate of drug-likeness (QED) is 0.828. The molecule has 0 bridgehead atoms. The van der Waals surface area contributed by atoms with E-state index in [1.54, 1.807) is 0 Å². The topological polar surface area (TPSA) is 71.5 Å². The predicted octanol–water partition coefficient (Wildman–Crippen LogP) is 0.0245. The Hall–Kier alpha value is -0.540. The zero-order valence-electron chi connectivity index (χ0n) is 10.3. The van der Waals surface area contributed by atoms with Gasteiger partial charge in [-0.25, -0.2) is 18.1 Å². The maximum atomic E-state index is 11.0. The van der Waals surface area contributed by atoms with Gasteiger partial charge < -0.3 is 4.74 Å². The van der Waals surface area contributed by atoms with Crippen molar-refractivity contribution >= 4 is 21.4 Å². The molecule has 2 rings (SSSR count). The first-order valence-corrected chi connectivity index (χ1v) is 8.48. The molecule has 1 aliphatic rings. The van der Waals surface area contributed by atoms with Crippen molar-refractivity contribution in [2.24, 2.45) is 0 Å². The number of nitrogens with zero attached hydrogens (tertiary/aromatic N) is 2. The fraction of sp³-hybridized carbons (Fsp3) is 0.700. The largest absolute Gasteiger partial charge is 0.379 e. The molecule has 1 aromatic heterocycles. The zero-order chi connectivity index (χ0) is 13.0. The SMILES string of the molecule is CS(=O)(=O)NCc1nc(CN2CCOCC2)cs1. The Morgan fingerprint density at radius 1 is 1.50 bits per heavy atom. The third-order valence-electron chi connectivity index (χ3n) is 2.57. The van der Waals surface area contributed by atoms with Crippen LogP contribution in [-0.4, -0.2) is 50.9 Å². The van der Waals surface area contributed by atoms with Crippen LogP contribution in [0, 0.1) is 0 Å². The smallest absolute Gasteiger partial charge is 0.209 e. The first-order valence-electron chi connectivity index (χ1n) is 5.71. The molecule has 0 spiro atoms. The lowest BCUT2D eigenvalue weighted by atomic mass is 10.3. The summed E-state index contributed by atoms with van der Waals surface area (Å²) in [7, 11) is -3.15. The first-order chi connectivity index (χ1) is 8.53. The van der Waals surface area contributed by atoms with Crippen molar-refractivity contribution in [1.82, 2.24) is 14.6 Å². The van der Waals surface area contributed by atoms with E-state index in [-0.39, 0.29) is 6.54 Å². The summed E-state index contributed by atoms with van der Waals surface area (Å²) in [4.78, 5) is 6.70. The molecule has 6 nitrogen and oxygen atoms in total. The maximum absolute atomic E-state index is 11.0. The fourth-order valence-corrected chi connectivity index (χ4v) is 2.90. The van der Waals surface area contributed by atoms with Crippen LogP contribution in [0.15, 0.2) is 5.38 Å². The van der Waals surface area contributed by atoms with Gasteiger partial charge in [0.1, 0.15) is 5.01 Å². The van der Waals surface area contributed by atoms with E-state index >= 15 is 0 Å². The molecule has 8 heteroatoms. The van der Waals surface area contributed by atoms with Crippen molar-refractivity contribution < 1.29 is 13.2 Å². The maximum Gasteiger partial charge on any atom is 0.209 e. The molecule has 0 amide bonds. The summed E-state index contributed by atoms with van der Waals surface area (Å²) >= 11 is 1.48. The molecule has 1 aromatic rings. The van der Waals surface area contributed by atoms with Gasteiger partial charge in [0.15, 0.2) is 0 Å². The monoisotopic (exact) mass is 291 g/mol. The normalized spacial score (nSPS) is 18.1. The number of ether oxygens (including phenoxy) is 1. The summed E-state index contributed by atoms with van der Waals surface area (Å²) in [5.41, 5.74) is 0.993. The van der Waals surface area contributed by atoms with Crippen molar-refractivity contribution in [1.29, 1.82) is 0 Å². The summed E-state index contributed by atoms with van der Waals surface area (Å²) in [6, 6.07) is 0. The molecule has 1 fully saturated rings. The van der Waals surface area contributed by atoms with Gasteiger partial charge >= 0.3 is 0 Å². The lowest BCUT2D eigenvalue weighted by Crippen LogP contribution is -2.35. The summed E-state index contributed by atoms with van der Waals surface area (Å²) in [6.45, 7) is 4.47. The second kappa shape index (κ2) is 6.07. The van der Waals surface area contributed by atoms with Crippen molar-refractivity contribution in [2.45, 2.75) is 13.1 Å². The predicted molar refractivity (Wildman–Crippen MR) is 69.9 cm³/mol. The minimum atomic E-state index is -3.15. The average Bonchev–Trinajstić information content (AvgIpc) is 2.75. The molecule has 18 heavy (non-hydrogen) atoms. The number of hydrogen-bond acceptors (Lipinski definition) is 6. The third-order valence-corrected chi connectivity index (χ3v) is 4.14. The van der Waals surface area contributed by atoms with Gasteiger partial charge in [0.05, 0.1) is 31.7 Å². The summed E-state index contributed by atoms with van der Waals surface area (Å²) < 4.78 is 29.7. The van der Waals surface area contributed by atoms with Crippen LogP contribution in [0.5, 0.6) is 0 Å². The Bertz CT molecular complexity index is 480. The van der Waals surface area contributed by atoms with Crippen LogP contribution in [0.1, 0.15) is 10.7 Å². The molecule has 102 valence electrons. The van der Waals surface area contributed by atoms with Crippen LogP contribution in [0.2, 0.25) is 0 Å². The summed E-state index contributed by atoms with van der Waals surface area (Å²) in [5.74, 6) is 0. The highest BCUT2D eigenvalue weighted by Gasteiger charge is 2.12. The van der Waals surface area contributed by atoms with Crippen molar-refractivity contribution in [3.8, 4) is 0 Å². The standard InChI is InChI=1S/C10H17N3O3S2/c1-18(14,15)11-6-10-12-9(8-17-10)7-13-2-4-16-5-3-13/h8,11H,2-7H2,1H3. The highest BCUT2D eigenvalue weighted by Crippen LogP contribution is 2.12. The number of hydrogen-bond donors (Lipinski definition) is 1. The zero-order valence-corrected chi connectivity index (χ0v) is 11.9. The van der Waals surface area contributed by atoms with Crippen LogP contribution >= 0.6 is 11.3 Å². The van der Waals surface area contributed by atoms with Crippen molar-refractivity contribution in [3.05, 3.63) is 16.1 Å². The van der Waals surface area contributed by atoms with Gasteiger partial charge in [-0.05, 0) is 0 Å². The lowest BCUT2D eigenvalue weighted by Gasteiger charge is -2.25. The molecule has 0 saturated carbocycles. The fourth-order valence-electron chi connectivity index (χ4n) is 1.68. The van der Waals surface area contributed by atoms with Gasteiger partial charge in [-0.1, -0.05) is 0 Å². The summed E-state index contributed by atoms with van der Waals surface area (Å²) in [5, 5.41) is 2.78. The molecule has 1 N–H and O–H groups in total. The first kappa shape index (κ1) is 13.9. The molecular formula is C10H17N3O3S2. The van der Waals surface area contributed by atoms with E-state index in [9.17, 15) is 8.42 Å². The molecule has 0 unspecified atom stereocenters. The number of sulfonamides is 1. The van der Waals surface area contributed by atoms with Crippen LogP contribution in [0.25, 0.3) is 0 Å². The molecule has 0 radical (unpaired) electrons. The minimum Gasteiger partial charge on any atom is -0.379 e. The van der Waals surface area contributed by atoms with E-state index in [2.05, 4.69) is 14.6 Å². The molecule has 1 aliphatic heterocycles. The van der Waals surface area contributed by atoms with Gasteiger partial charge in [-0.2, -0.15) is 0 Å². The summed E-state index contributed by atoms with van der Waals surface area (Å²) in [6.07, 6.45) is 1.15. The Kier molecular flexibility index (Phi) is 4.68. The Morgan fingerprint density at radius 2 is 2.22 bits per heavy atom. The molecule has 2 heterocycles. The number of thiazole rings is 1. The van der Waals surface area contributed by atoms with Crippen LogP contribution < -0.4 is 4.72 Å². The van der Waals surface area contributed by atoms with E-state index < -0.39 is 10.0 Å². The van der Waals surface area contributed by atoms with Gasteiger partial charge in [0.25, 0.3) is 0 Å². The molecule has 0 atom stereocenters. The highest BCUT2D eigenvalue weighted by molar-refractivity contribution is 7.88. The van der Waals surface area contributed by atoms with E-state index in [4.69, 9.17) is 4.74 Å².